The summed E-state index contributed by atoms with van der Waals surface area (Å²) in [6, 6.07) is 0. The lowest BCUT2D eigenvalue weighted by Gasteiger charge is -2.09. The molecule has 8 heavy (non-hydrogen) atoms. The first-order valence-corrected chi connectivity index (χ1v) is 3.22. The number of nitrogens with zero attached hydrogens (tertiary/aromatic N) is 1. The van der Waals surface area contributed by atoms with E-state index in [1.165, 1.54) is 12.8 Å². The van der Waals surface area contributed by atoms with Crippen LogP contribution >= 0.6 is 0 Å². The number of rotatable bonds is 2. The normalized spacial score (nSPS) is 22.1. The fourth-order valence-corrected chi connectivity index (χ4v) is 1.13. The third-order valence-corrected chi connectivity index (χ3v) is 1.60. The van der Waals surface area contributed by atoms with Gasteiger partial charge in [-0.1, -0.05) is 0 Å². The van der Waals surface area contributed by atoms with Crippen LogP contribution in [-0.2, 0) is 0 Å². The summed E-state index contributed by atoms with van der Waals surface area (Å²) in [5.74, 6) is 0. The largest absolute Gasteiger partial charge is 0.301 e. The highest BCUT2D eigenvalue weighted by Gasteiger charge is 2.09. The summed E-state index contributed by atoms with van der Waals surface area (Å²) in [7, 11) is 0. The van der Waals surface area contributed by atoms with Crippen LogP contribution in [-0.4, -0.2) is 31.2 Å². The van der Waals surface area contributed by atoms with Crippen molar-refractivity contribution in [2.45, 2.75) is 12.8 Å². The quantitative estimate of drug-likeness (QED) is 0.522. The number of hydrogen-bond donors (Lipinski definition) is 0. The molecule has 1 aliphatic rings. The van der Waals surface area contributed by atoms with Crippen LogP contribution in [0.15, 0.2) is 0 Å². The third-order valence-electron chi connectivity index (χ3n) is 1.60. The van der Waals surface area contributed by atoms with Crippen molar-refractivity contribution in [1.29, 1.82) is 0 Å². The summed E-state index contributed by atoms with van der Waals surface area (Å²) in [5, 5.41) is 0. The smallest absolute Gasteiger partial charge is 0.102 e. The minimum Gasteiger partial charge on any atom is -0.301 e. The molecular formula is C6H12FN. The monoisotopic (exact) mass is 117 g/mol. The zero-order chi connectivity index (χ0) is 5.82. The first-order chi connectivity index (χ1) is 3.93. The Hall–Kier alpha value is -0.110. The molecule has 1 rings (SSSR count). The van der Waals surface area contributed by atoms with Crippen molar-refractivity contribution in [3.63, 3.8) is 0 Å². The van der Waals surface area contributed by atoms with Gasteiger partial charge in [0.25, 0.3) is 0 Å². The lowest BCUT2D eigenvalue weighted by molar-refractivity contribution is 0.297. The maximum Gasteiger partial charge on any atom is 0.102 e. The molecule has 1 heterocycles. The Morgan fingerprint density at radius 1 is 1.25 bits per heavy atom. The lowest BCUT2D eigenvalue weighted by atomic mass is 10.4. The molecule has 0 aromatic rings. The molecule has 2 heteroatoms. The summed E-state index contributed by atoms with van der Waals surface area (Å²) >= 11 is 0. The van der Waals surface area contributed by atoms with E-state index >= 15 is 0 Å². The Kier molecular flexibility index (Phi) is 2.27. The highest BCUT2D eigenvalue weighted by Crippen LogP contribution is 2.05. The second-order valence-electron chi connectivity index (χ2n) is 2.24. The molecule has 48 valence electrons. The molecule has 0 amide bonds. The van der Waals surface area contributed by atoms with Gasteiger partial charge in [0.2, 0.25) is 0 Å². The van der Waals surface area contributed by atoms with Gasteiger partial charge in [-0.2, -0.15) is 0 Å². The minimum atomic E-state index is -0.181. The second kappa shape index (κ2) is 3.02. The molecule has 0 bridgehead atoms. The third kappa shape index (κ3) is 1.44. The van der Waals surface area contributed by atoms with Crippen LogP contribution in [0.5, 0.6) is 0 Å². The van der Waals surface area contributed by atoms with E-state index in [1.807, 2.05) is 0 Å². The van der Waals surface area contributed by atoms with E-state index in [1.54, 1.807) is 0 Å². The Morgan fingerprint density at radius 2 is 1.88 bits per heavy atom. The van der Waals surface area contributed by atoms with Crippen molar-refractivity contribution in [3.05, 3.63) is 0 Å². The van der Waals surface area contributed by atoms with Gasteiger partial charge in [0.1, 0.15) is 6.67 Å². The molecule has 0 aliphatic carbocycles. The molecule has 0 radical (unpaired) electrons. The van der Waals surface area contributed by atoms with Crippen LogP contribution in [0.25, 0.3) is 0 Å². The van der Waals surface area contributed by atoms with Gasteiger partial charge in [0.15, 0.2) is 0 Å². The molecule has 1 fully saturated rings. The van der Waals surface area contributed by atoms with Gasteiger partial charge in [-0.15, -0.1) is 0 Å². The van der Waals surface area contributed by atoms with Crippen molar-refractivity contribution in [3.8, 4) is 0 Å². The Balaban J connectivity index is 2.06. The van der Waals surface area contributed by atoms with Gasteiger partial charge >= 0.3 is 0 Å². The van der Waals surface area contributed by atoms with Crippen molar-refractivity contribution in [2.24, 2.45) is 0 Å². The van der Waals surface area contributed by atoms with Crippen molar-refractivity contribution >= 4 is 0 Å². The van der Waals surface area contributed by atoms with E-state index in [2.05, 4.69) is 4.90 Å². The van der Waals surface area contributed by atoms with Gasteiger partial charge < -0.3 is 4.90 Å². The SMILES string of the molecule is FCCN1CCCC1. The molecule has 0 aromatic carbocycles. The molecular weight excluding hydrogens is 105 g/mol. The van der Waals surface area contributed by atoms with E-state index in [0.29, 0.717) is 6.54 Å². The predicted octanol–water partition coefficient (Wildman–Crippen LogP) is 1.05. The zero-order valence-electron chi connectivity index (χ0n) is 5.07. The summed E-state index contributed by atoms with van der Waals surface area (Å²) in [4.78, 5) is 2.17. The molecule has 1 aliphatic heterocycles. The van der Waals surface area contributed by atoms with Crippen molar-refractivity contribution in [2.75, 3.05) is 26.3 Å². The van der Waals surface area contributed by atoms with Crippen LogP contribution in [0.1, 0.15) is 12.8 Å². The van der Waals surface area contributed by atoms with Crippen LogP contribution in [0.4, 0.5) is 4.39 Å². The van der Waals surface area contributed by atoms with Crippen molar-refractivity contribution < 1.29 is 4.39 Å². The van der Waals surface area contributed by atoms with Crippen LogP contribution in [0.2, 0.25) is 0 Å². The first-order valence-electron chi connectivity index (χ1n) is 3.22. The lowest BCUT2D eigenvalue weighted by Crippen LogP contribution is -2.21. The van der Waals surface area contributed by atoms with E-state index in [-0.39, 0.29) is 6.67 Å². The zero-order valence-corrected chi connectivity index (χ0v) is 5.07. The van der Waals surface area contributed by atoms with Gasteiger partial charge in [0.05, 0.1) is 0 Å². The van der Waals surface area contributed by atoms with E-state index in [4.69, 9.17) is 0 Å². The molecule has 0 spiro atoms. The van der Waals surface area contributed by atoms with Crippen LogP contribution in [0.3, 0.4) is 0 Å². The molecule has 0 atom stereocenters. The average molecular weight is 117 g/mol. The highest BCUT2D eigenvalue weighted by atomic mass is 19.1. The van der Waals surface area contributed by atoms with Crippen molar-refractivity contribution in [1.82, 2.24) is 4.90 Å². The average Bonchev–Trinajstić information content (AvgIpc) is 2.19. The topological polar surface area (TPSA) is 3.24 Å². The van der Waals surface area contributed by atoms with Gasteiger partial charge in [-0.05, 0) is 25.9 Å². The van der Waals surface area contributed by atoms with E-state index in [0.717, 1.165) is 13.1 Å². The summed E-state index contributed by atoms with van der Waals surface area (Å²) in [5.41, 5.74) is 0. The number of halogens is 1. The summed E-state index contributed by atoms with van der Waals surface area (Å²) < 4.78 is 11.6. The van der Waals surface area contributed by atoms with E-state index in [9.17, 15) is 4.39 Å². The second-order valence-corrected chi connectivity index (χ2v) is 2.24. The molecule has 0 N–H and O–H groups in total. The van der Waals surface area contributed by atoms with Gasteiger partial charge in [-0.3, -0.25) is 0 Å². The maximum atomic E-state index is 11.6. The molecule has 1 nitrogen and oxygen atoms in total. The molecule has 1 saturated heterocycles. The Labute approximate surface area is 49.5 Å². The minimum absolute atomic E-state index is 0.181. The van der Waals surface area contributed by atoms with Gasteiger partial charge in [0, 0.05) is 6.54 Å². The fourth-order valence-electron chi connectivity index (χ4n) is 1.13. The highest BCUT2D eigenvalue weighted by molar-refractivity contribution is 4.64. The number of alkyl halides is 1. The summed E-state index contributed by atoms with van der Waals surface area (Å²) in [6.45, 7) is 2.70. The molecule has 0 aromatic heterocycles. The number of likely N-dealkylation sites (tertiary alicyclic amines) is 1. The van der Waals surface area contributed by atoms with Crippen LogP contribution < -0.4 is 0 Å². The van der Waals surface area contributed by atoms with Crippen LogP contribution in [0, 0.1) is 0 Å². The Morgan fingerprint density at radius 3 is 2.38 bits per heavy atom. The maximum absolute atomic E-state index is 11.6. The standard InChI is InChI=1S/C6H12FN/c7-3-6-8-4-1-2-5-8/h1-6H2. The fraction of sp³-hybridized carbons (Fsp3) is 1.00. The molecule has 0 saturated carbocycles. The predicted molar refractivity (Wildman–Crippen MR) is 31.6 cm³/mol. The van der Waals surface area contributed by atoms with Gasteiger partial charge in [-0.25, -0.2) is 4.39 Å². The summed E-state index contributed by atoms with van der Waals surface area (Å²) in [6.07, 6.45) is 2.53. The molecule has 0 unspecified atom stereocenters. The van der Waals surface area contributed by atoms with E-state index < -0.39 is 0 Å². The number of hydrogen-bond acceptors (Lipinski definition) is 1. The first kappa shape index (κ1) is 6.02. The Bertz CT molecular complexity index is 59.5.